The number of imidazole rings is 1. The van der Waals surface area contributed by atoms with E-state index in [1.807, 2.05) is 0 Å². The molecule has 0 aliphatic carbocycles. The molecule has 0 aliphatic heterocycles. The molecule has 2 atom stereocenters. The maximum absolute atomic E-state index is 4.98. The van der Waals surface area contributed by atoms with E-state index in [9.17, 15) is 0 Å². The van der Waals surface area contributed by atoms with Crippen LogP contribution in [0.5, 0.6) is 0 Å². The Bertz CT molecular complexity index is 592. The summed E-state index contributed by atoms with van der Waals surface area (Å²) in [7, 11) is 0. The second-order valence-corrected chi connectivity index (χ2v) is 12.5. The van der Waals surface area contributed by atoms with Gasteiger partial charge in [0.2, 0.25) is 0 Å². The fourth-order valence-corrected chi connectivity index (χ4v) is 6.18. The lowest BCUT2D eigenvalue weighted by Crippen LogP contribution is -2.13. The van der Waals surface area contributed by atoms with Crippen molar-refractivity contribution in [3.8, 4) is 0 Å². The van der Waals surface area contributed by atoms with Crippen LogP contribution in [-0.4, -0.2) is 9.55 Å². The van der Waals surface area contributed by atoms with Gasteiger partial charge < -0.3 is 4.57 Å². The van der Waals surface area contributed by atoms with Crippen molar-refractivity contribution in [1.82, 2.24) is 9.55 Å². The predicted molar refractivity (Wildman–Crippen MR) is 171 cm³/mol. The zero-order valence-electron chi connectivity index (χ0n) is 26.8. The lowest BCUT2D eigenvalue weighted by Gasteiger charge is -2.22. The van der Waals surface area contributed by atoms with Crippen LogP contribution in [0.15, 0.2) is 12.4 Å². The number of hydrogen-bond acceptors (Lipinski definition) is 1. The van der Waals surface area contributed by atoms with Crippen molar-refractivity contribution in [3.05, 3.63) is 18.2 Å². The highest BCUT2D eigenvalue weighted by molar-refractivity contribution is 5.02. The molecular formula is C36H70N2. The molecule has 1 heterocycles. The van der Waals surface area contributed by atoms with Gasteiger partial charge in [-0.2, -0.15) is 0 Å². The second kappa shape index (κ2) is 26.4. The van der Waals surface area contributed by atoms with E-state index in [4.69, 9.17) is 4.98 Å². The summed E-state index contributed by atoms with van der Waals surface area (Å²) in [4.78, 5) is 4.98. The summed E-state index contributed by atoms with van der Waals surface area (Å²) in [6, 6.07) is 0.590. The summed E-state index contributed by atoms with van der Waals surface area (Å²) in [6.45, 7) is 9.37. The fourth-order valence-electron chi connectivity index (χ4n) is 6.18. The van der Waals surface area contributed by atoms with Crippen molar-refractivity contribution in [2.24, 2.45) is 0 Å². The van der Waals surface area contributed by atoms with Crippen LogP contribution >= 0.6 is 0 Å². The van der Waals surface area contributed by atoms with Gasteiger partial charge in [-0.1, -0.05) is 175 Å². The molecule has 0 saturated carbocycles. The summed E-state index contributed by atoms with van der Waals surface area (Å²) in [5, 5.41) is 0. The normalized spacial score (nSPS) is 13.3. The Labute approximate surface area is 240 Å². The van der Waals surface area contributed by atoms with Crippen LogP contribution in [-0.2, 0) is 0 Å². The van der Waals surface area contributed by atoms with Crippen molar-refractivity contribution in [1.29, 1.82) is 0 Å². The highest BCUT2D eigenvalue weighted by Gasteiger charge is 2.19. The van der Waals surface area contributed by atoms with Crippen LogP contribution in [0.3, 0.4) is 0 Å². The number of nitrogens with zero attached hydrogens (tertiary/aromatic N) is 2. The largest absolute Gasteiger partial charge is 0.332 e. The van der Waals surface area contributed by atoms with Gasteiger partial charge in [-0.15, -0.1) is 0 Å². The van der Waals surface area contributed by atoms with Gasteiger partial charge in [0, 0.05) is 24.4 Å². The molecule has 0 amide bonds. The summed E-state index contributed by atoms with van der Waals surface area (Å²) in [6.07, 6.45) is 42.3. The Morgan fingerprint density at radius 1 is 0.500 bits per heavy atom. The Kier molecular flexibility index (Phi) is 24.5. The number of rotatable bonds is 29. The quantitative estimate of drug-likeness (QED) is 0.0941. The monoisotopic (exact) mass is 531 g/mol. The molecule has 0 N–H and O–H groups in total. The number of unbranched alkanes of at least 4 members (excludes halogenated alkanes) is 21. The van der Waals surface area contributed by atoms with E-state index in [2.05, 4.69) is 44.7 Å². The van der Waals surface area contributed by atoms with Crippen LogP contribution in [0, 0.1) is 0 Å². The summed E-state index contributed by atoms with van der Waals surface area (Å²) in [5.74, 6) is 2.06. The molecule has 0 aliphatic rings. The van der Waals surface area contributed by atoms with E-state index in [0.29, 0.717) is 12.0 Å². The van der Waals surface area contributed by atoms with Crippen LogP contribution in [0.4, 0.5) is 0 Å². The van der Waals surface area contributed by atoms with Crippen molar-refractivity contribution in [2.45, 2.75) is 213 Å². The molecule has 38 heavy (non-hydrogen) atoms. The lowest BCUT2D eigenvalue weighted by molar-refractivity contribution is 0.412. The Balaban J connectivity index is 2.45. The van der Waals surface area contributed by atoms with Gasteiger partial charge >= 0.3 is 0 Å². The maximum Gasteiger partial charge on any atom is 0.111 e. The SMILES string of the molecule is CCCCCCCCCCCCC(CCCCCCCC)c1nccn1C(C)CCCCCCCCCC. The molecule has 2 heteroatoms. The van der Waals surface area contributed by atoms with E-state index in [1.165, 1.54) is 179 Å². The minimum absolute atomic E-state index is 0.590. The van der Waals surface area contributed by atoms with Crippen molar-refractivity contribution < 1.29 is 0 Å². The van der Waals surface area contributed by atoms with E-state index in [-0.39, 0.29) is 0 Å². The molecule has 2 nitrogen and oxygen atoms in total. The van der Waals surface area contributed by atoms with Crippen LogP contribution in [0.25, 0.3) is 0 Å². The third-order valence-electron chi connectivity index (χ3n) is 8.83. The molecule has 1 rings (SSSR count). The average molecular weight is 531 g/mol. The van der Waals surface area contributed by atoms with Gasteiger partial charge in [0.1, 0.15) is 5.82 Å². The molecule has 0 aromatic carbocycles. The van der Waals surface area contributed by atoms with Gasteiger partial charge in [-0.25, -0.2) is 4.98 Å². The standard InChI is InChI=1S/C36H70N2/c1-5-8-11-14-17-19-20-22-25-28-31-35(30-27-24-16-13-10-7-3)36-37-32-33-38(36)34(4)29-26-23-21-18-15-12-9-6-2/h32-35H,5-31H2,1-4H3. The third-order valence-corrected chi connectivity index (χ3v) is 8.83. The first kappa shape index (κ1) is 35.2. The molecule has 0 saturated heterocycles. The lowest BCUT2D eigenvalue weighted by atomic mass is 9.92. The topological polar surface area (TPSA) is 17.8 Å². The maximum atomic E-state index is 4.98. The van der Waals surface area contributed by atoms with Crippen LogP contribution in [0.2, 0.25) is 0 Å². The van der Waals surface area contributed by atoms with Gasteiger partial charge in [0.15, 0.2) is 0 Å². The average Bonchev–Trinajstić information content (AvgIpc) is 3.42. The first-order valence-corrected chi connectivity index (χ1v) is 17.8. The van der Waals surface area contributed by atoms with E-state index in [1.54, 1.807) is 0 Å². The van der Waals surface area contributed by atoms with Crippen molar-refractivity contribution >= 4 is 0 Å². The predicted octanol–water partition coefficient (Wildman–Crippen LogP) is 13.1. The van der Waals surface area contributed by atoms with E-state index in [0.717, 1.165) is 0 Å². The Morgan fingerprint density at radius 2 is 0.842 bits per heavy atom. The number of hydrogen-bond donors (Lipinski definition) is 0. The highest BCUT2D eigenvalue weighted by atomic mass is 15.1. The third kappa shape index (κ3) is 18.5. The van der Waals surface area contributed by atoms with E-state index >= 15 is 0 Å². The molecular weight excluding hydrogens is 460 g/mol. The molecule has 0 radical (unpaired) electrons. The zero-order valence-corrected chi connectivity index (χ0v) is 26.8. The number of aromatic nitrogens is 2. The Morgan fingerprint density at radius 3 is 1.24 bits per heavy atom. The fraction of sp³-hybridized carbons (Fsp3) is 0.917. The molecule has 2 unspecified atom stereocenters. The first-order chi connectivity index (χ1) is 18.7. The van der Waals surface area contributed by atoms with Gasteiger partial charge in [0.25, 0.3) is 0 Å². The molecule has 0 bridgehead atoms. The molecule has 0 fully saturated rings. The minimum Gasteiger partial charge on any atom is -0.332 e. The summed E-state index contributed by atoms with van der Waals surface area (Å²) >= 11 is 0. The molecule has 224 valence electrons. The first-order valence-electron chi connectivity index (χ1n) is 17.8. The van der Waals surface area contributed by atoms with Gasteiger partial charge in [-0.05, 0) is 26.2 Å². The van der Waals surface area contributed by atoms with Crippen LogP contribution in [0.1, 0.15) is 219 Å². The van der Waals surface area contributed by atoms with E-state index < -0.39 is 0 Å². The van der Waals surface area contributed by atoms with Gasteiger partial charge in [0.05, 0.1) is 0 Å². The van der Waals surface area contributed by atoms with Crippen LogP contribution < -0.4 is 0 Å². The van der Waals surface area contributed by atoms with Crippen molar-refractivity contribution in [3.63, 3.8) is 0 Å². The smallest absolute Gasteiger partial charge is 0.111 e. The summed E-state index contributed by atoms with van der Waals surface area (Å²) in [5.41, 5.74) is 0. The highest BCUT2D eigenvalue weighted by Crippen LogP contribution is 2.30. The van der Waals surface area contributed by atoms with Gasteiger partial charge in [-0.3, -0.25) is 0 Å². The molecule has 1 aromatic heterocycles. The molecule has 0 spiro atoms. The minimum atomic E-state index is 0.590. The summed E-state index contributed by atoms with van der Waals surface area (Å²) < 4.78 is 2.57. The molecule has 1 aromatic rings. The zero-order chi connectivity index (χ0) is 27.5. The Hall–Kier alpha value is -0.790. The van der Waals surface area contributed by atoms with Crippen molar-refractivity contribution in [2.75, 3.05) is 0 Å². The second-order valence-electron chi connectivity index (χ2n) is 12.5.